The lowest BCUT2D eigenvalue weighted by Crippen LogP contribution is -2.44. The molecule has 0 saturated carbocycles. The van der Waals surface area contributed by atoms with Crippen LogP contribution in [0.25, 0.3) is 11.0 Å². The first-order valence-corrected chi connectivity index (χ1v) is 6.81. The maximum Gasteiger partial charge on any atom is 0.289 e. The molecule has 3 rings (SSSR count). The fraction of sp³-hybridized carbons (Fsp3) is 0.400. The minimum absolute atomic E-state index is 0.0905. The van der Waals surface area contributed by atoms with Crippen molar-refractivity contribution in [2.75, 3.05) is 18.8 Å². The lowest BCUT2D eigenvalue weighted by atomic mass is 9.96. The number of fused-ring (bicyclic) bond motifs is 1. The number of aliphatic hydroxyl groups excluding tert-OH is 1. The number of anilines is 1. The van der Waals surface area contributed by atoms with Gasteiger partial charge in [-0.15, -0.1) is 0 Å². The second-order valence-corrected chi connectivity index (χ2v) is 5.49. The van der Waals surface area contributed by atoms with Gasteiger partial charge in [0, 0.05) is 24.2 Å². The van der Waals surface area contributed by atoms with Crippen molar-refractivity contribution in [2.24, 2.45) is 5.92 Å². The van der Waals surface area contributed by atoms with Gasteiger partial charge in [-0.05, 0) is 36.6 Å². The zero-order chi connectivity index (χ0) is 14.3. The van der Waals surface area contributed by atoms with Gasteiger partial charge >= 0.3 is 0 Å². The van der Waals surface area contributed by atoms with Crippen LogP contribution >= 0.6 is 0 Å². The van der Waals surface area contributed by atoms with Gasteiger partial charge in [-0.2, -0.15) is 0 Å². The molecule has 20 heavy (non-hydrogen) atoms. The van der Waals surface area contributed by atoms with Crippen LogP contribution in [0.4, 0.5) is 5.69 Å². The summed E-state index contributed by atoms with van der Waals surface area (Å²) in [6.07, 6.45) is 0.287. The minimum Gasteiger partial charge on any atom is -0.451 e. The molecule has 2 unspecified atom stereocenters. The predicted octanol–water partition coefficient (Wildman–Crippen LogP) is 1.86. The van der Waals surface area contributed by atoms with E-state index in [9.17, 15) is 9.90 Å². The molecular formula is C15H18N2O3. The Labute approximate surface area is 117 Å². The van der Waals surface area contributed by atoms with Gasteiger partial charge in [0.05, 0.1) is 6.10 Å². The number of benzene rings is 1. The first kappa shape index (κ1) is 13.0. The molecule has 1 fully saturated rings. The molecule has 1 amide bonds. The Balaban J connectivity index is 1.85. The molecule has 1 aromatic heterocycles. The minimum atomic E-state index is -0.325. The molecule has 3 N–H and O–H groups in total. The van der Waals surface area contributed by atoms with E-state index in [-0.39, 0.29) is 17.9 Å². The molecular weight excluding hydrogens is 256 g/mol. The first-order chi connectivity index (χ1) is 9.54. The Kier molecular flexibility index (Phi) is 3.14. The maximum atomic E-state index is 12.4. The van der Waals surface area contributed by atoms with Gasteiger partial charge in [0.15, 0.2) is 5.76 Å². The molecule has 1 saturated heterocycles. The first-order valence-electron chi connectivity index (χ1n) is 6.81. The number of carbonyl (C=O) groups excluding carboxylic acids is 1. The number of hydrogen-bond donors (Lipinski definition) is 2. The molecule has 1 aromatic carbocycles. The van der Waals surface area contributed by atoms with E-state index in [2.05, 4.69) is 0 Å². The Morgan fingerprint density at radius 3 is 3.00 bits per heavy atom. The zero-order valence-corrected chi connectivity index (χ0v) is 11.4. The van der Waals surface area contributed by atoms with E-state index in [4.69, 9.17) is 10.2 Å². The number of nitrogens with zero attached hydrogens (tertiary/aromatic N) is 1. The van der Waals surface area contributed by atoms with Gasteiger partial charge in [0.25, 0.3) is 5.91 Å². The molecule has 5 nitrogen and oxygen atoms in total. The summed E-state index contributed by atoms with van der Waals surface area (Å²) in [4.78, 5) is 14.2. The quantitative estimate of drug-likeness (QED) is 0.778. The van der Waals surface area contributed by atoms with E-state index in [1.165, 1.54) is 0 Å². The fourth-order valence-electron chi connectivity index (χ4n) is 2.64. The average molecular weight is 274 g/mol. The monoisotopic (exact) mass is 274 g/mol. The van der Waals surface area contributed by atoms with Gasteiger partial charge < -0.3 is 20.2 Å². The largest absolute Gasteiger partial charge is 0.451 e. The summed E-state index contributed by atoms with van der Waals surface area (Å²) in [5.74, 6) is 0.292. The molecule has 2 heterocycles. The third-order valence-electron chi connectivity index (χ3n) is 3.90. The number of carbonyl (C=O) groups is 1. The summed E-state index contributed by atoms with van der Waals surface area (Å²) in [5.41, 5.74) is 7.03. The number of amides is 1. The van der Waals surface area contributed by atoms with Crippen LogP contribution < -0.4 is 5.73 Å². The Morgan fingerprint density at radius 2 is 2.25 bits per heavy atom. The summed E-state index contributed by atoms with van der Waals surface area (Å²) in [6.45, 7) is 3.06. The number of likely N-dealkylation sites (tertiary alicyclic amines) is 1. The molecule has 1 aliphatic rings. The molecule has 106 valence electrons. The molecule has 2 aromatic rings. The number of nitrogen functional groups attached to an aromatic ring is 1. The van der Waals surface area contributed by atoms with Crippen molar-refractivity contribution in [1.29, 1.82) is 0 Å². The number of piperidine rings is 1. The smallest absolute Gasteiger partial charge is 0.289 e. The van der Waals surface area contributed by atoms with Crippen LogP contribution in [0.2, 0.25) is 0 Å². The average Bonchev–Trinajstić information content (AvgIpc) is 2.84. The third-order valence-corrected chi connectivity index (χ3v) is 3.90. The highest BCUT2D eigenvalue weighted by Crippen LogP contribution is 2.24. The number of furan rings is 1. The molecule has 2 atom stereocenters. The predicted molar refractivity (Wildman–Crippen MR) is 76.3 cm³/mol. The summed E-state index contributed by atoms with van der Waals surface area (Å²) >= 11 is 0. The van der Waals surface area contributed by atoms with Crippen molar-refractivity contribution in [3.63, 3.8) is 0 Å². The standard InChI is InChI=1S/C15H18N2O3/c1-9-8-17(5-4-12(9)18)15(19)14-7-10-6-11(16)2-3-13(10)20-14/h2-3,6-7,9,12,18H,4-5,8,16H2,1H3. The topological polar surface area (TPSA) is 79.7 Å². The number of rotatable bonds is 1. The maximum absolute atomic E-state index is 12.4. The zero-order valence-electron chi connectivity index (χ0n) is 11.4. The van der Waals surface area contributed by atoms with Crippen molar-refractivity contribution >= 4 is 22.6 Å². The van der Waals surface area contributed by atoms with Crippen molar-refractivity contribution in [3.8, 4) is 0 Å². The Morgan fingerprint density at radius 1 is 1.45 bits per heavy atom. The van der Waals surface area contributed by atoms with Gasteiger partial charge in [-0.1, -0.05) is 6.92 Å². The van der Waals surface area contributed by atoms with E-state index in [0.29, 0.717) is 36.5 Å². The summed E-state index contributed by atoms with van der Waals surface area (Å²) < 4.78 is 5.59. The molecule has 1 aliphatic heterocycles. The summed E-state index contributed by atoms with van der Waals surface area (Å²) in [5, 5.41) is 10.5. The second kappa shape index (κ2) is 4.83. The van der Waals surface area contributed by atoms with Crippen LogP contribution in [-0.4, -0.2) is 35.1 Å². The highest BCUT2D eigenvalue weighted by Gasteiger charge is 2.29. The highest BCUT2D eigenvalue weighted by atomic mass is 16.3. The summed E-state index contributed by atoms with van der Waals surface area (Å²) in [7, 11) is 0. The van der Waals surface area contributed by atoms with Crippen molar-refractivity contribution in [1.82, 2.24) is 4.90 Å². The van der Waals surface area contributed by atoms with Gasteiger partial charge in [0.1, 0.15) is 5.58 Å². The number of hydrogen-bond acceptors (Lipinski definition) is 4. The molecule has 5 heteroatoms. The normalized spacial score (nSPS) is 23.2. The highest BCUT2D eigenvalue weighted by molar-refractivity contribution is 5.96. The lowest BCUT2D eigenvalue weighted by molar-refractivity contribution is 0.0281. The summed E-state index contributed by atoms with van der Waals surface area (Å²) in [6, 6.07) is 7.03. The third kappa shape index (κ3) is 2.25. The number of aliphatic hydroxyl groups is 1. The van der Waals surface area contributed by atoms with Crippen LogP contribution in [0.15, 0.2) is 28.7 Å². The van der Waals surface area contributed by atoms with E-state index in [0.717, 1.165) is 5.39 Å². The van der Waals surface area contributed by atoms with Crippen LogP contribution in [0.3, 0.4) is 0 Å². The number of nitrogens with two attached hydrogens (primary N) is 1. The van der Waals surface area contributed by atoms with Crippen LogP contribution in [0.1, 0.15) is 23.9 Å². The van der Waals surface area contributed by atoms with Crippen LogP contribution in [0, 0.1) is 5.92 Å². The SMILES string of the molecule is CC1CN(C(=O)c2cc3cc(N)ccc3o2)CCC1O. The fourth-order valence-corrected chi connectivity index (χ4v) is 2.64. The lowest BCUT2D eigenvalue weighted by Gasteiger charge is -2.33. The van der Waals surface area contributed by atoms with E-state index >= 15 is 0 Å². The van der Waals surface area contributed by atoms with Crippen LogP contribution in [0.5, 0.6) is 0 Å². The molecule has 0 bridgehead atoms. The van der Waals surface area contributed by atoms with Crippen molar-refractivity contribution < 1.29 is 14.3 Å². The molecule has 0 spiro atoms. The van der Waals surface area contributed by atoms with Gasteiger partial charge in [0.2, 0.25) is 0 Å². The van der Waals surface area contributed by atoms with E-state index < -0.39 is 0 Å². The second-order valence-electron chi connectivity index (χ2n) is 5.49. The Bertz CT molecular complexity index is 650. The van der Waals surface area contributed by atoms with Crippen molar-refractivity contribution in [3.05, 3.63) is 30.0 Å². The van der Waals surface area contributed by atoms with Crippen molar-refractivity contribution in [2.45, 2.75) is 19.4 Å². The van der Waals surface area contributed by atoms with E-state index in [1.807, 2.05) is 6.92 Å². The van der Waals surface area contributed by atoms with Gasteiger partial charge in [-0.25, -0.2) is 0 Å². The molecule has 0 aliphatic carbocycles. The van der Waals surface area contributed by atoms with Crippen LogP contribution in [-0.2, 0) is 0 Å². The van der Waals surface area contributed by atoms with Gasteiger partial charge in [-0.3, -0.25) is 4.79 Å². The Hall–Kier alpha value is -2.01. The molecule has 0 radical (unpaired) electrons. The van der Waals surface area contributed by atoms with E-state index in [1.54, 1.807) is 29.2 Å².